The summed E-state index contributed by atoms with van der Waals surface area (Å²) in [7, 11) is 0. The molecule has 0 spiro atoms. The normalized spacial score (nSPS) is 21.2. The Morgan fingerprint density at radius 3 is 2.90 bits per heavy atom. The molecule has 1 heterocycles. The van der Waals surface area contributed by atoms with Crippen molar-refractivity contribution in [3.63, 3.8) is 0 Å². The zero-order chi connectivity index (χ0) is 14.7. The minimum atomic E-state index is -0.00562. The summed E-state index contributed by atoms with van der Waals surface area (Å²) in [5.41, 5.74) is 1.88. The van der Waals surface area contributed by atoms with Gasteiger partial charge < -0.3 is 10.6 Å². The van der Waals surface area contributed by atoms with Gasteiger partial charge in [-0.2, -0.15) is 0 Å². The lowest BCUT2D eigenvalue weighted by atomic mass is 10.1. The van der Waals surface area contributed by atoms with Gasteiger partial charge >= 0.3 is 0 Å². The molecule has 0 radical (unpaired) electrons. The minimum absolute atomic E-state index is 0.00562. The lowest BCUT2D eigenvalue weighted by molar-refractivity contribution is -0.116. The van der Waals surface area contributed by atoms with Crippen molar-refractivity contribution in [3.8, 4) is 0 Å². The summed E-state index contributed by atoms with van der Waals surface area (Å²) in [6.45, 7) is 0.833. The summed E-state index contributed by atoms with van der Waals surface area (Å²) in [4.78, 5) is 15.6. The Kier molecular flexibility index (Phi) is 4.83. The Morgan fingerprint density at radius 2 is 2.19 bits per heavy atom. The quantitative estimate of drug-likeness (QED) is 0.894. The maximum atomic E-state index is 11.2. The highest BCUT2D eigenvalue weighted by Crippen LogP contribution is 2.28. The topological polar surface area (TPSA) is 53.5 Å². The van der Waals surface area contributed by atoms with Crippen LogP contribution < -0.4 is 10.6 Å². The molecular formula is C15H18ClN3OS. The largest absolute Gasteiger partial charge is 0.310 e. The smallest absolute Gasteiger partial charge is 0.236 e. The van der Waals surface area contributed by atoms with E-state index in [1.54, 1.807) is 0 Å². The second-order valence-electron chi connectivity index (χ2n) is 5.40. The first-order chi connectivity index (χ1) is 10.2. The van der Waals surface area contributed by atoms with E-state index in [4.69, 9.17) is 11.6 Å². The summed E-state index contributed by atoms with van der Waals surface area (Å²) in [6.07, 6.45) is 5.19. The number of benzene rings is 1. The lowest BCUT2D eigenvalue weighted by Gasteiger charge is -2.12. The Labute approximate surface area is 133 Å². The number of aliphatic imine (C=N–C) groups is 1. The lowest BCUT2D eigenvalue weighted by Crippen LogP contribution is -2.25. The molecule has 1 aromatic rings. The van der Waals surface area contributed by atoms with Crippen LogP contribution in [-0.4, -0.2) is 22.9 Å². The number of amidine groups is 1. The number of thioether (sulfide) groups is 1. The van der Waals surface area contributed by atoms with E-state index in [1.807, 2.05) is 18.2 Å². The van der Waals surface area contributed by atoms with Gasteiger partial charge in [-0.15, -0.1) is 0 Å². The van der Waals surface area contributed by atoms with Gasteiger partial charge in [-0.25, -0.2) is 4.99 Å². The van der Waals surface area contributed by atoms with Crippen LogP contribution in [0, 0.1) is 0 Å². The predicted molar refractivity (Wildman–Crippen MR) is 88.2 cm³/mol. The van der Waals surface area contributed by atoms with E-state index in [0.717, 1.165) is 6.54 Å². The van der Waals surface area contributed by atoms with Gasteiger partial charge in [0, 0.05) is 12.6 Å². The number of hydrogen-bond donors (Lipinski definition) is 2. The maximum Gasteiger partial charge on any atom is 0.236 e. The zero-order valence-electron chi connectivity index (χ0n) is 11.7. The molecule has 1 aliphatic carbocycles. The first-order valence-electron chi connectivity index (χ1n) is 7.24. The van der Waals surface area contributed by atoms with Gasteiger partial charge in [0.1, 0.15) is 0 Å². The molecule has 0 bridgehead atoms. The van der Waals surface area contributed by atoms with Gasteiger partial charge in [0.05, 0.1) is 16.5 Å². The molecule has 21 heavy (non-hydrogen) atoms. The highest BCUT2D eigenvalue weighted by Gasteiger charge is 2.17. The van der Waals surface area contributed by atoms with E-state index in [1.165, 1.54) is 43.0 Å². The van der Waals surface area contributed by atoms with E-state index in [0.29, 0.717) is 27.7 Å². The van der Waals surface area contributed by atoms with Crippen molar-refractivity contribution in [2.75, 3.05) is 5.75 Å². The van der Waals surface area contributed by atoms with Crippen LogP contribution in [0.25, 0.3) is 0 Å². The highest BCUT2D eigenvalue weighted by atomic mass is 35.5. The summed E-state index contributed by atoms with van der Waals surface area (Å²) >= 11 is 7.60. The van der Waals surface area contributed by atoms with Crippen LogP contribution in [0.5, 0.6) is 0 Å². The molecule has 2 aliphatic rings. The predicted octanol–water partition coefficient (Wildman–Crippen LogP) is 3.22. The third-order valence-corrected chi connectivity index (χ3v) is 4.96. The van der Waals surface area contributed by atoms with Gasteiger partial charge in [-0.1, -0.05) is 42.3 Å². The van der Waals surface area contributed by atoms with Crippen molar-refractivity contribution in [3.05, 3.63) is 28.8 Å². The molecule has 0 aromatic heterocycles. The number of hydrogen-bond acceptors (Lipinski definition) is 4. The Hall–Kier alpha value is -1.04. The molecule has 6 heteroatoms. The summed E-state index contributed by atoms with van der Waals surface area (Å²) < 4.78 is 0. The molecule has 2 fully saturated rings. The van der Waals surface area contributed by atoms with E-state index in [-0.39, 0.29) is 5.91 Å². The zero-order valence-corrected chi connectivity index (χ0v) is 13.3. The molecule has 2 N–H and O–H groups in total. The van der Waals surface area contributed by atoms with Gasteiger partial charge in [-0.3, -0.25) is 4.79 Å². The summed E-state index contributed by atoms with van der Waals surface area (Å²) in [5.74, 6) is 0.424. The monoisotopic (exact) mass is 323 g/mol. The van der Waals surface area contributed by atoms with Crippen molar-refractivity contribution >= 4 is 40.1 Å². The van der Waals surface area contributed by atoms with Crippen LogP contribution in [0.3, 0.4) is 0 Å². The number of carbonyl (C=O) groups is 1. The van der Waals surface area contributed by atoms with Crippen LogP contribution in [0.1, 0.15) is 31.2 Å². The highest BCUT2D eigenvalue weighted by molar-refractivity contribution is 8.15. The van der Waals surface area contributed by atoms with Crippen LogP contribution in [0.15, 0.2) is 23.2 Å². The molecule has 1 saturated heterocycles. The second-order valence-corrected chi connectivity index (χ2v) is 6.77. The third-order valence-electron chi connectivity index (χ3n) is 3.77. The van der Waals surface area contributed by atoms with Gasteiger partial charge in [0.15, 0.2) is 5.17 Å². The molecule has 1 amide bonds. The summed E-state index contributed by atoms with van der Waals surface area (Å²) in [6, 6.07) is 6.52. The molecule has 112 valence electrons. The van der Waals surface area contributed by atoms with Crippen LogP contribution >= 0.6 is 23.4 Å². The van der Waals surface area contributed by atoms with Crippen molar-refractivity contribution < 1.29 is 4.79 Å². The van der Waals surface area contributed by atoms with E-state index in [9.17, 15) is 4.79 Å². The number of carbonyl (C=O) groups excluding carboxylic acids is 1. The number of nitrogens with one attached hydrogen (secondary N) is 2. The summed E-state index contributed by atoms with van der Waals surface area (Å²) in [5, 5.41) is 7.54. The molecule has 1 aromatic carbocycles. The fourth-order valence-corrected chi connectivity index (χ4v) is 3.49. The first-order valence-corrected chi connectivity index (χ1v) is 8.60. The minimum Gasteiger partial charge on any atom is -0.310 e. The number of nitrogens with zero attached hydrogens (tertiary/aromatic N) is 1. The molecule has 3 rings (SSSR count). The molecule has 1 saturated carbocycles. The maximum absolute atomic E-state index is 11.2. The van der Waals surface area contributed by atoms with Crippen molar-refractivity contribution in [2.45, 2.75) is 38.3 Å². The van der Waals surface area contributed by atoms with Crippen molar-refractivity contribution in [2.24, 2.45) is 4.99 Å². The van der Waals surface area contributed by atoms with E-state index >= 15 is 0 Å². The van der Waals surface area contributed by atoms with E-state index < -0.39 is 0 Å². The number of rotatable bonds is 4. The van der Waals surface area contributed by atoms with Crippen LogP contribution in [-0.2, 0) is 11.3 Å². The molecule has 4 nitrogen and oxygen atoms in total. The molecule has 0 unspecified atom stereocenters. The van der Waals surface area contributed by atoms with Gasteiger partial charge in [0.2, 0.25) is 5.91 Å². The Morgan fingerprint density at radius 1 is 1.38 bits per heavy atom. The Balaban J connectivity index is 1.68. The first kappa shape index (κ1) is 14.9. The third kappa shape index (κ3) is 3.99. The second kappa shape index (κ2) is 6.81. The number of halogens is 1. The Bertz CT molecular complexity index is 570. The van der Waals surface area contributed by atoms with Crippen LogP contribution in [0.4, 0.5) is 5.69 Å². The number of amides is 1. The SMILES string of the molecule is O=C1CSC(=Nc2cc(CNC3CCCC3)ccc2Cl)N1. The standard InChI is InChI=1S/C15H18ClN3OS/c16-12-6-5-10(8-17-11-3-1-2-4-11)7-13(12)18-15-19-14(20)9-21-15/h5-7,11,17H,1-4,8-9H2,(H,18,19,20). The van der Waals surface area contributed by atoms with E-state index in [2.05, 4.69) is 15.6 Å². The average Bonchev–Trinajstić information content (AvgIpc) is 3.11. The molecule has 0 atom stereocenters. The van der Waals surface area contributed by atoms with Gasteiger partial charge in [-0.05, 0) is 30.5 Å². The molecule has 1 aliphatic heterocycles. The average molecular weight is 324 g/mol. The fraction of sp³-hybridized carbons (Fsp3) is 0.467. The van der Waals surface area contributed by atoms with Gasteiger partial charge in [0.25, 0.3) is 0 Å². The van der Waals surface area contributed by atoms with Crippen molar-refractivity contribution in [1.29, 1.82) is 0 Å². The van der Waals surface area contributed by atoms with Crippen LogP contribution in [0.2, 0.25) is 5.02 Å². The van der Waals surface area contributed by atoms with Crippen molar-refractivity contribution in [1.82, 2.24) is 10.6 Å². The molecular weight excluding hydrogens is 306 g/mol. The fourth-order valence-electron chi connectivity index (χ4n) is 2.64.